The van der Waals surface area contributed by atoms with Crippen LogP contribution in [0.5, 0.6) is 0 Å². The van der Waals surface area contributed by atoms with E-state index in [1.165, 1.54) is 0 Å². The van der Waals surface area contributed by atoms with Gasteiger partial charge in [-0.1, -0.05) is 0 Å². The number of hydrogen-bond acceptors (Lipinski definition) is 8. The number of carbonyl (C=O) groups is 2. The summed E-state index contributed by atoms with van der Waals surface area (Å²) in [7, 11) is 0. The Balaban J connectivity index is 4.37. The molecule has 0 aliphatic heterocycles. The predicted octanol–water partition coefficient (Wildman–Crippen LogP) is -3.95. The Bertz CT molecular complexity index is 208. The van der Waals surface area contributed by atoms with Gasteiger partial charge in [0.15, 0.2) is 12.4 Å². The van der Waals surface area contributed by atoms with E-state index >= 15 is 0 Å². The first-order valence-corrected chi connectivity index (χ1v) is 3.53. The van der Waals surface area contributed by atoms with Gasteiger partial charge in [-0.3, -0.25) is 0 Å². The Morgan fingerprint density at radius 1 is 1.21 bits per heavy atom. The van der Waals surface area contributed by atoms with Gasteiger partial charge in [0, 0.05) is 0 Å². The molecular weight excluding hydrogens is 198 g/mol. The zero-order chi connectivity index (χ0) is 11.3. The summed E-state index contributed by atoms with van der Waals surface area (Å²) in [5.74, 6) is 2.99. The largest absolute Gasteiger partial charge is 0.387 e. The van der Waals surface area contributed by atoms with Gasteiger partial charge in [0.1, 0.15) is 18.3 Å². The van der Waals surface area contributed by atoms with Crippen molar-refractivity contribution in [3.05, 3.63) is 0 Å². The summed E-state index contributed by atoms with van der Waals surface area (Å²) in [5.41, 5.74) is 0. The molecule has 0 fully saturated rings. The van der Waals surface area contributed by atoms with Crippen molar-refractivity contribution in [2.24, 2.45) is 5.90 Å². The Labute approximate surface area is 78.5 Å². The first-order chi connectivity index (χ1) is 6.45. The van der Waals surface area contributed by atoms with Crippen molar-refractivity contribution < 1.29 is 34.9 Å². The third-order valence-electron chi connectivity index (χ3n) is 1.52. The van der Waals surface area contributed by atoms with E-state index < -0.39 is 30.4 Å². The molecule has 0 aromatic carbocycles. The quantitative estimate of drug-likeness (QED) is 0.227. The molecule has 0 spiro atoms. The Kier molecular flexibility index (Phi) is 5.20. The second-order valence-electron chi connectivity index (χ2n) is 2.49. The Hall–Kier alpha value is -1.06. The predicted molar refractivity (Wildman–Crippen MR) is 40.4 cm³/mol. The molecule has 0 saturated carbocycles. The minimum atomic E-state index is -2.13. The standard InChI is InChI=1S/C6H11NO7/c7-14-6(13)5(12)4(11)3(10)2(9)1-8/h1-5,9-12H,7H2/t2-,3+,4-,5-/m0/s1. The number of aldehydes is 1. The molecule has 0 aliphatic rings. The lowest BCUT2D eigenvalue weighted by Crippen LogP contribution is -2.49. The van der Waals surface area contributed by atoms with Crippen LogP contribution in [0.4, 0.5) is 0 Å². The first kappa shape index (κ1) is 12.9. The summed E-state index contributed by atoms with van der Waals surface area (Å²) in [6.45, 7) is 0. The lowest BCUT2D eigenvalue weighted by Gasteiger charge is -2.21. The van der Waals surface area contributed by atoms with Crippen molar-refractivity contribution >= 4 is 12.3 Å². The normalized spacial score (nSPS) is 19.2. The van der Waals surface area contributed by atoms with Crippen LogP contribution >= 0.6 is 0 Å². The highest BCUT2D eigenvalue weighted by Crippen LogP contribution is 2.04. The highest BCUT2D eigenvalue weighted by atomic mass is 16.7. The molecule has 82 valence electrons. The third-order valence-corrected chi connectivity index (χ3v) is 1.52. The van der Waals surface area contributed by atoms with Crippen LogP contribution in [0.3, 0.4) is 0 Å². The lowest BCUT2D eigenvalue weighted by atomic mass is 10.0. The highest BCUT2D eigenvalue weighted by Gasteiger charge is 2.35. The van der Waals surface area contributed by atoms with Crippen molar-refractivity contribution in [1.82, 2.24) is 0 Å². The molecule has 8 heteroatoms. The SMILES string of the molecule is NOC(=O)[C@@H](O)[C@@H](O)[C@H](O)[C@@H](O)C=O. The fourth-order valence-electron chi connectivity index (χ4n) is 0.678. The molecule has 0 radical (unpaired) electrons. The van der Waals surface area contributed by atoms with Crippen LogP contribution in [0.2, 0.25) is 0 Å². The molecule has 0 unspecified atom stereocenters. The monoisotopic (exact) mass is 209 g/mol. The second-order valence-corrected chi connectivity index (χ2v) is 2.49. The van der Waals surface area contributed by atoms with Crippen molar-refractivity contribution in [1.29, 1.82) is 0 Å². The van der Waals surface area contributed by atoms with E-state index in [9.17, 15) is 9.59 Å². The van der Waals surface area contributed by atoms with Crippen LogP contribution in [0.25, 0.3) is 0 Å². The molecule has 0 heterocycles. The van der Waals surface area contributed by atoms with Gasteiger partial charge in [-0.2, -0.15) is 5.90 Å². The van der Waals surface area contributed by atoms with Crippen LogP contribution in [0.15, 0.2) is 0 Å². The summed E-state index contributed by atoms with van der Waals surface area (Å²) in [6.07, 6.45) is -8.17. The molecule has 0 aromatic rings. The van der Waals surface area contributed by atoms with Gasteiger partial charge in [0.25, 0.3) is 0 Å². The summed E-state index contributed by atoms with van der Waals surface area (Å²) in [6, 6.07) is 0. The smallest absolute Gasteiger partial charge is 0.356 e. The van der Waals surface area contributed by atoms with Crippen LogP contribution in [0.1, 0.15) is 0 Å². The van der Waals surface area contributed by atoms with Crippen LogP contribution in [-0.4, -0.2) is 57.1 Å². The van der Waals surface area contributed by atoms with Crippen molar-refractivity contribution in [3.8, 4) is 0 Å². The first-order valence-electron chi connectivity index (χ1n) is 3.53. The summed E-state index contributed by atoms with van der Waals surface area (Å²) in [4.78, 5) is 24.1. The van der Waals surface area contributed by atoms with Gasteiger partial charge in [-0.15, -0.1) is 0 Å². The third kappa shape index (κ3) is 3.01. The second kappa shape index (κ2) is 5.62. The molecule has 0 rings (SSSR count). The van der Waals surface area contributed by atoms with E-state index in [0.717, 1.165) is 0 Å². The van der Waals surface area contributed by atoms with E-state index in [2.05, 4.69) is 10.7 Å². The zero-order valence-electron chi connectivity index (χ0n) is 6.98. The minimum absolute atomic E-state index is 0.0611. The lowest BCUT2D eigenvalue weighted by molar-refractivity contribution is -0.170. The van der Waals surface area contributed by atoms with E-state index in [4.69, 9.17) is 20.4 Å². The van der Waals surface area contributed by atoms with E-state index in [-0.39, 0.29) is 6.29 Å². The molecule has 0 aliphatic carbocycles. The Morgan fingerprint density at radius 2 is 1.71 bits per heavy atom. The maximum absolute atomic E-state index is 10.5. The van der Waals surface area contributed by atoms with E-state index in [0.29, 0.717) is 0 Å². The zero-order valence-corrected chi connectivity index (χ0v) is 6.98. The van der Waals surface area contributed by atoms with Crippen molar-refractivity contribution in [2.45, 2.75) is 24.4 Å². The maximum atomic E-state index is 10.5. The fourth-order valence-corrected chi connectivity index (χ4v) is 0.678. The molecule has 0 amide bonds. The number of nitrogens with two attached hydrogens (primary N) is 1. The van der Waals surface area contributed by atoms with Crippen LogP contribution < -0.4 is 5.90 Å². The summed E-state index contributed by atoms with van der Waals surface area (Å²) in [5, 5.41) is 35.6. The summed E-state index contributed by atoms with van der Waals surface area (Å²) >= 11 is 0. The number of hydrogen-bond donors (Lipinski definition) is 5. The maximum Gasteiger partial charge on any atom is 0.356 e. The number of rotatable bonds is 5. The van der Waals surface area contributed by atoms with Crippen molar-refractivity contribution in [2.75, 3.05) is 0 Å². The van der Waals surface area contributed by atoms with Gasteiger partial charge in [0.2, 0.25) is 0 Å². The molecule has 14 heavy (non-hydrogen) atoms. The molecule has 6 N–H and O–H groups in total. The van der Waals surface area contributed by atoms with Gasteiger partial charge in [-0.25, -0.2) is 4.79 Å². The van der Waals surface area contributed by atoms with Crippen LogP contribution in [0, 0.1) is 0 Å². The van der Waals surface area contributed by atoms with Gasteiger partial charge in [0.05, 0.1) is 0 Å². The van der Waals surface area contributed by atoms with Crippen LogP contribution in [-0.2, 0) is 14.4 Å². The molecule has 4 atom stereocenters. The average molecular weight is 209 g/mol. The molecule has 8 nitrogen and oxygen atoms in total. The Morgan fingerprint density at radius 3 is 2.07 bits per heavy atom. The molecule has 0 bridgehead atoms. The fraction of sp³-hybridized carbons (Fsp3) is 0.667. The number of carbonyl (C=O) groups excluding carboxylic acids is 2. The van der Waals surface area contributed by atoms with Gasteiger partial charge < -0.3 is 30.1 Å². The average Bonchev–Trinajstić information content (AvgIpc) is 2.23. The van der Waals surface area contributed by atoms with E-state index in [1.54, 1.807) is 0 Å². The highest BCUT2D eigenvalue weighted by molar-refractivity contribution is 5.75. The number of aliphatic hydroxyl groups excluding tert-OH is 4. The van der Waals surface area contributed by atoms with Gasteiger partial charge >= 0.3 is 5.97 Å². The van der Waals surface area contributed by atoms with Gasteiger partial charge in [-0.05, 0) is 0 Å². The van der Waals surface area contributed by atoms with E-state index in [1.807, 2.05) is 0 Å². The molecule has 0 saturated heterocycles. The summed E-state index contributed by atoms with van der Waals surface area (Å²) < 4.78 is 0. The topological polar surface area (TPSA) is 150 Å². The molecule has 0 aromatic heterocycles. The number of aliphatic hydroxyl groups is 4. The minimum Gasteiger partial charge on any atom is -0.387 e. The molecular formula is C6H11NO7. The van der Waals surface area contributed by atoms with Crippen molar-refractivity contribution in [3.63, 3.8) is 0 Å².